The fourth-order valence-corrected chi connectivity index (χ4v) is 2.70. The highest BCUT2D eigenvalue weighted by molar-refractivity contribution is 7.99. The topological polar surface area (TPSA) is 64.9 Å². The number of aromatic nitrogens is 4. The van der Waals surface area contributed by atoms with Crippen molar-refractivity contribution in [2.24, 2.45) is 7.05 Å². The van der Waals surface area contributed by atoms with Crippen molar-refractivity contribution in [2.45, 2.75) is 11.2 Å². The highest BCUT2D eigenvalue weighted by Gasteiger charge is 2.12. The number of benzene rings is 1. The van der Waals surface area contributed by atoms with Crippen molar-refractivity contribution in [1.82, 2.24) is 25.5 Å². The van der Waals surface area contributed by atoms with E-state index in [-0.39, 0.29) is 6.04 Å². The third kappa shape index (κ3) is 3.45. The van der Waals surface area contributed by atoms with E-state index in [9.17, 15) is 0 Å². The number of rotatable bonds is 6. The number of thioether (sulfide) groups is 1. The van der Waals surface area contributed by atoms with Crippen LogP contribution in [-0.2, 0) is 7.05 Å². The van der Waals surface area contributed by atoms with Gasteiger partial charge in [-0.15, -0.1) is 5.10 Å². The Hall–Kier alpha value is -1.60. The molecule has 0 fully saturated rings. The highest BCUT2D eigenvalue weighted by Crippen LogP contribution is 2.24. The predicted molar refractivity (Wildman–Crippen MR) is 74.3 cm³/mol. The van der Waals surface area contributed by atoms with Gasteiger partial charge in [0.05, 0.1) is 7.11 Å². The molecular weight excluding hydrogens is 262 g/mol. The minimum absolute atomic E-state index is 0.219. The average Bonchev–Trinajstić information content (AvgIpc) is 2.85. The quantitative estimate of drug-likeness (QED) is 0.803. The number of nitrogens with zero attached hydrogens (tertiary/aromatic N) is 4. The fraction of sp³-hybridized carbons (Fsp3) is 0.417. The monoisotopic (exact) mass is 279 g/mol. The first-order chi connectivity index (χ1) is 9.24. The van der Waals surface area contributed by atoms with Gasteiger partial charge in [-0.3, -0.25) is 0 Å². The Morgan fingerprint density at radius 1 is 1.47 bits per heavy atom. The predicted octanol–water partition coefficient (Wildman–Crippen LogP) is 1.27. The second kappa shape index (κ2) is 6.53. The molecule has 0 aliphatic carbocycles. The molecule has 1 aromatic heterocycles. The lowest BCUT2D eigenvalue weighted by molar-refractivity contribution is 0.413. The van der Waals surface area contributed by atoms with Crippen molar-refractivity contribution in [1.29, 1.82) is 0 Å². The number of hydrogen-bond donors (Lipinski definition) is 1. The molecule has 0 bridgehead atoms. The maximum absolute atomic E-state index is 5.25. The molecule has 0 radical (unpaired) electrons. The van der Waals surface area contributed by atoms with E-state index >= 15 is 0 Å². The average molecular weight is 279 g/mol. The van der Waals surface area contributed by atoms with Gasteiger partial charge in [0.2, 0.25) is 5.16 Å². The summed E-state index contributed by atoms with van der Waals surface area (Å²) in [5, 5.41) is 15.5. The Kier molecular flexibility index (Phi) is 4.75. The zero-order chi connectivity index (χ0) is 13.7. The Bertz CT molecular complexity index is 530. The highest BCUT2D eigenvalue weighted by atomic mass is 32.2. The lowest BCUT2D eigenvalue weighted by atomic mass is 10.1. The summed E-state index contributed by atoms with van der Waals surface area (Å²) in [6.07, 6.45) is 0. The molecule has 2 aromatic rings. The van der Waals surface area contributed by atoms with Gasteiger partial charge in [-0.25, -0.2) is 4.68 Å². The van der Waals surface area contributed by atoms with Crippen LogP contribution in [0.1, 0.15) is 11.6 Å². The molecule has 102 valence electrons. The van der Waals surface area contributed by atoms with Crippen molar-refractivity contribution < 1.29 is 4.74 Å². The largest absolute Gasteiger partial charge is 0.497 e. The van der Waals surface area contributed by atoms with Crippen molar-refractivity contribution in [3.05, 3.63) is 29.8 Å². The maximum atomic E-state index is 5.25. The molecule has 1 atom stereocenters. The summed E-state index contributed by atoms with van der Waals surface area (Å²) >= 11 is 1.62. The molecule has 0 saturated heterocycles. The minimum Gasteiger partial charge on any atom is -0.497 e. The van der Waals surface area contributed by atoms with Crippen molar-refractivity contribution in [3.8, 4) is 5.75 Å². The SMILES string of the molecule is CNC(CSc1nnnn1C)c1cccc(OC)c1. The maximum Gasteiger partial charge on any atom is 0.209 e. The molecule has 19 heavy (non-hydrogen) atoms. The third-order valence-corrected chi connectivity index (χ3v) is 3.91. The fourth-order valence-electron chi connectivity index (χ4n) is 1.71. The number of hydrogen-bond acceptors (Lipinski definition) is 6. The first-order valence-electron chi connectivity index (χ1n) is 5.91. The minimum atomic E-state index is 0.219. The van der Waals surface area contributed by atoms with Crippen molar-refractivity contribution >= 4 is 11.8 Å². The van der Waals surface area contributed by atoms with Gasteiger partial charge < -0.3 is 10.1 Å². The summed E-state index contributed by atoms with van der Waals surface area (Å²) in [6.45, 7) is 0. The van der Waals surface area contributed by atoms with Crippen LogP contribution in [0.2, 0.25) is 0 Å². The molecule has 6 nitrogen and oxygen atoms in total. The molecule has 0 aliphatic heterocycles. The van der Waals surface area contributed by atoms with Gasteiger partial charge in [-0.05, 0) is 35.2 Å². The van der Waals surface area contributed by atoms with Gasteiger partial charge >= 0.3 is 0 Å². The van der Waals surface area contributed by atoms with E-state index in [4.69, 9.17) is 4.74 Å². The van der Waals surface area contributed by atoms with E-state index in [2.05, 4.69) is 26.9 Å². The van der Waals surface area contributed by atoms with Gasteiger partial charge in [-0.2, -0.15) is 0 Å². The first kappa shape index (κ1) is 13.8. The summed E-state index contributed by atoms with van der Waals surface area (Å²) in [7, 11) is 5.45. The van der Waals surface area contributed by atoms with Crippen LogP contribution in [0.3, 0.4) is 0 Å². The van der Waals surface area contributed by atoms with Gasteiger partial charge in [-0.1, -0.05) is 23.9 Å². The molecule has 0 spiro atoms. The zero-order valence-corrected chi connectivity index (χ0v) is 12.0. The summed E-state index contributed by atoms with van der Waals surface area (Å²) in [4.78, 5) is 0. The van der Waals surface area contributed by atoms with E-state index in [0.717, 1.165) is 16.7 Å². The third-order valence-electron chi connectivity index (χ3n) is 2.80. The number of nitrogens with one attached hydrogen (secondary N) is 1. The van der Waals surface area contributed by atoms with Crippen LogP contribution in [-0.4, -0.2) is 40.1 Å². The number of methoxy groups -OCH3 is 1. The van der Waals surface area contributed by atoms with Crippen LogP contribution >= 0.6 is 11.8 Å². The van der Waals surface area contributed by atoms with Crippen molar-refractivity contribution in [3.63, 3.8) is 0 Å². The summed E-state index contributed by atoms with van der Waals surface area (Å²) in [5.41, 5.74) is 1.18. The number of tetrazole rings is 1. The summed E-state index contributed by atoms with van der Waals surface area (Å²) in [6, 6.07) is 8.27. The molecule has 1 heterocycles. The van der Waals surface area contributed by atoms with Crippen LogP contribution < -0.4 is 10.1 Å². The normalized spacial score (nSPS) is 12.4. The smallest absolute Gasteiger partial charge is 0.209 e. The lowest BCUT2D eigenvalue weighted by Crippen LogP contribution is -2.19. The Labute approximate surface area is 116 Å². The Morgan fingerprint density at radius 2 is 2.32 bits per heavy atom. The standard InChI is InChI=1S/C12H17N5OS/c1-13-11(8-19-12-14-15-16-17(12)2)9-5-4-6-10(7-9)18-3/h4-7,11,13H,8H2,1-3H3. The van der Waals surface area contributed by atoms with E-state index in [0.29, 0.717) is 0 Å². The van der Waals surface area contributed by atoms with E-state index in [1.807, 2.05) is 32.3 Å². The van der Waals surface area contributed by atoms with Gasteiger partial charge in [0.15, 0.2) is 0 Å². The summed E-state index contributed by atoms with van der Waals surface area (Å²) < 4.78 is 6.92. The molecule has 1 N–H and O–H groups in total. The lowest BCUT2D eigenvalue weighted by Gasteiger charge is -2.16. The summed E-state index contributed by atoms with van der Waals surface area (Å²) in [5.74, 6) is 1.71. The zero-order valence-electron chi connectivity index (χ0n) is 11.2. The molecular formula is C12H17N5OS. The van der Waals surface area contributed by atoms with E-state index in [1.165, 1.54) is 5.56 Å². The van der Waals surface area contributed by atoms with Crippen LogP contribution in [0, 0.1) is 0 Å². The Morgan fingerprint density at radius 3 is 2.95 bits per heavy atom. The van der Waals surface area contributed by atoms with E-state index < -0.39 is 0 Å². The molecule has 7 heteroatoms. The molecule has 1 unspecified atom stereocenters. The molecule has 0 amide bonds. The first-order valence-corrected chi connectivity index (χ1v) is 6.89. The van der Waals surface area contributed by atoms with Crippen molar-refractivity contribution in [2.75, 3.05) is 19.9 Å². The van der Waals surface area contributed by atoms with Crippen LogP contribution in [0.25, 0.3) is 0 Å². The van der Waals surface area contributed by atoms with Crippen LogP contribution in [0.5, 0.6) is 5.75 Å². The second-order valence-electron chi connectivity index (χ2n) is 4.01. The van der Waals surface area contributed by atoms with E-state index in [1.54, 1.807) is 23.6 Å². The molecule has 0 saturated carbocycles. The Balaban J connectivity index is 2.05. The van der Waals surface area contributed by atoms with Gasteiger partial charge in [0.1, 0.15) is 5.75 Å². The second-order valence-corrected chi connectivity index (χ2v) is 5.00. The van der Waals surface area contributed by atoms with Gasteiger partial charge in [0, 0.05) is 18.8 Å². The van der Waals surface area contributed by atoms with Gasteiger partial charge in [0.25, 0.3) is 0 Å². The molecule has 1 aromatic carbocycles. The number of aryl methyl sites for hydroxylation is 1. The number of ether oxygens (including phenoxy) is 1. The molecule has 0 aliphatic rings. The molecule has 2 rings (SSSR count). The van der Waals surface area contributed by atoms with Crippen LogP contribution in [0.4, 0.5) is 0 Å². The van der Waals surface area contributed by atoms with Crippen LogP contribution in [0.15, 0.2) is 29.4 Å².